The van der Waals surface area contributed by atoms with E-state index in [9.17, 15) is 0 Å². The second kappa shape index (κ2) is 5.99. The number of aryl methyl sites for hydroxylation is 1. The smallest absolute Gasteiger partial charge is 0.217 e. The summed E-state index contributed by atoms with van der Waals surface area (Å²) >= 11 is 0. The third-order valence-electron chi connectivity index (χ3n) is 3.76. The molecule has 0 unspecified atom stereocenters. The van der Waals surface area contributed by atoms with Crippen LogP contribution in [0.3, 0.4) is 0 Å². The van der Waals surface area contributed by atoms with Crippen molar-refractivity contribution in [2.75, 3.05) is 6.54 Å². The van der Waals surface area contributed by atoms with Gasteiger partial charge in [0.2, 0.25) is 5.90 Å². The highest BCUT2D eigenvalue weighted by molar-refractivity contribution is 5.96. The summed E-state index contributed by atoms with van der Waals surface area (Å²) < 4.78 is 6.39. The van der Waals surface area contributed by atoms with Crippen LogP contribution in [0.4, 0.5) is 0 Å². The molecule has 0 saturated carbocycles. The molecule has 2 nitrogen and oxygen atoms in total. The number of benzene rings is 1. The van der Waals surface area contributed by atoms with E-state index in [4.69, 9.17) is 9.73 Å². The van der Waals surface area contributed by atoms with Crippen LogP contribution in [0.1, 0.15) is 51.7 Å². The summed E-state index contributed by atoms with van der Waals surface area (Å²) in [5.74, 6) is 2.09. The van der Waals surface area contributed by atoms with Gasteiger partial charge >= 0.3 is 0 Å². The fourth-order valence-corrected chi connectivity index (χ4v) is 3.22. The van der Waals surface area contributed by atoms with E-state index in [2.05, 4.69) is 58.9 Å². The lowest BCUT2D eigenvalue weighted by molar-refractivity contribution is 0.0431. The van der Waals surface area contributed by atoms with E-state index < -0.39 is 0 Å². The van der Waals surface area contributed by atoms with Crippen LogP contribution < -0.4 is 0 Å². The SMILES string of the molecule is Cc1ccccc1C1=NCC(CC(C)C)(CC(C)C)O1. The Morgan fingerprint density at radius 2 is 1.70 bits per heavy atom. The van der Waals surface area contributed by atoms with E-state index in [0.29, 0.717) is 11.8 Å². The molecule has 0 spiro atoms. The van der Waals surface area contributed by atoms with Gasteiger partial charge in [0.15, 0.2) is 0 Å². The lowest BCUT2D eigenvalue weighted by Crippen LogP contribution is -2.36. The lowest BCUT2D eigenvalue weighted by Gasteiger charge is -2.32. The Morgan fingerprint density at radius 3 is 2.25 bits per heavy atom. The number of rotatable bonds is 5. The molecule has 1 heterocycles. The second-order valence-electron chi connectivity index (χ2n) is 6.92. The Bertz CT molecular complexity index is 478. The summed E-state index contributed by atoms with van der Waals surface area (Å²) in [5, 5.41) is 0. The zero-order valence-corrected chi connectivity index (χ0v) is 13.4. The molecular formula is C18H27NO. The Kier molecular flexibility index (Phi) is 4.52. The summed E-state index contributed by atoms with van der Waals surface area (Å²) in [4.78, 5) is 4.72. The molecule has 0 saturated heterocycles. The van der Waals surface area contributed by atoms with Gasteiger partial charge in [0, 0.05) is 5.56 Å². The van der Waals surface area contributed by atoms with Crippen molar-refractivity contribution >= 4 is 5.90 Å². The maximum atomic E-state index is 6.39. The summed E-state index contributed by atoms with van der Waals surface area (Å²) in [6.45, 7) is 12.0. The fraction of sp³-hybridized carbons (Fsp3) is 0.611. The summed E-state index contributed by atoms with van der Waals surface area (Å²) in [6.07, 6.45) is 2.15. The van der Waals surface area contributed by atoms with Crippen LogP contribution in [0.15, 0.2) is 29.3 Å². The number of nitrogens with zero attached hydrogens (tertiary/aromatic N) is 1. The van der Waals surface area contributed by atoms with Crippen LogP contribution in [-0.2, 0) is 4.74 Å². The zero-order chi connectivity index (χ0) is 14.8. The molecule has 0 radical (unpaired) electrons. The predicted octanol–water partition coefficient (Wildman–Crippen LogP) is 4.60. The second-order valence-corrected chi connectivity index (χ2v) is 6.92. The minimum absolute atomic E-state index is 0.0973. The topological polar surface area (TPSA) is 21.6 Å². The van der Waals surface area contributed by atoms with Gasteiger partial charge in [0.05, 0.1) is 6.54 Å². The third kappa shape index (κ3) is 3.41. The van der Waals surface area contributed by atoms with Crippen molar-refractivity contribution in [3.8, 4) is 0 Å². The average Bonchev–Trinajstić information content (AvgIpc) is 2.71. The van der Waals surface area contributed by atoms with Crippen molar-refractivity contribution in [3.05, 3.63) is 35.4 Å². The minimum Gasteiger partial charge on any atom is -0.469 e. The van der Waals surface area contributed by atoms with Gasteiger partial charge in [-0.25, -0.2) is 4.99 Å². The number of hydrogen-bond donors (Lipinski definition) is 0. The van der Waals surface area contributed by atoms with Gasteiger partial charge in [-0.3, -0.25) is 0 Å². The maximum absolute atomic E-state index is 6.39. The van der Waals surface area contributed by atoms with Crippen molar-refractivity contribution < 1.29 is 4.74 Å². The van der Waals surface area contributed by atoms with E-state index in [1.807, 2.05) is 0 Å². The molecule has 1 aliphatic heterocycles. The molecule has 0 aliphatic carbocycles. The molecule has 110 valence electrons. The molecule has 20 heavy (non-hydrogen) atoms. The average molecular weight is 273 g/mol. The molecule has 0 atom stereocenters. The Morgan fingerprint density at radius 1 is 1.10 bits per heavy atom. The lowest BCUT2D eigenvalue weighted by atomic mass is 9.85. The molecule has 1 aromatic carbocycles. The van der Waals surface area contributed by atoms with E-state index in [-0.39, 0.29) is 5.60 Å². The third-order valence-corrected chi connectivity index (χ3v) is 3.76. The number of aliphatic imine (C=N–C) groups is 1. The van der Waals surface area contributed by atoms with Crippen molar-refractivity contribution in [3.63, 3.8) is 0 Å². The minimum atomic E-state index is -0.0973. The van der Waals surface area contributed by atoms with Gasteiger partial charge in [0.1, 0.15) is 5.60 Å². The highest BCUT2D eigenvalue weighted by Gasteiger charge is 2.39. The van der Waals surface area contributed by atoms with Crippen molar-refractivity contribution in [2.45, 2.75) is 53.1 Å². The van der Waals surface area contributed by atoms with Crippen molar-refractivity contribution in [2.24, 2.45) is 16.8 Å². The van der Waals surface area contributed by atoms with E-state index >= 15 is 0 Å². The summed E-state index contributed by atoms with van der Waals surface area (Å²) in [7, 11) is 0. The monoisotopic (exact) mass is 273 g/mol. The first-order valence-corrected chi connectivity index (χ1v) is 7.71. The maximum Gasteiger partial charge on any atom is 0.217 e. The predicted molar refractivity (Wildman–Crippen MR) is 85.3 cm³/mol. The molecule has 0 fully saturated rings. The largest absolute Gasteiger partial charge is 0.469 e. The van der Waals surface area contributed by atoms with E-state index in [1.54, 1.807) is 0 Å². The van der Waals surface area contributed by atoms with E-state index in [0.717, 1.165) is 30.8 Å². The van der Waals surface area contributed by atoms with Crippen molar-refractivity contribution in [1.29, 1.82) is 0 Å². The Balaban J connectivity index is 2.20. The van der Waals surface area contributed by atoms with Crippen LogP contribution in [-0.4, -0.2) is 18.0 Å². The normalized spacial score (nSPS) is 17.4. The Labute approximate surface area is 123 Å². The first-order valence-electron chi connectivity index (χ1n) is 7.71. The standard InChI is InChI=1S/C18H27NO/c1-13(2)10-18(11-14(3)4)12-19-17(20-18)16-9-7-6-8-15(16)5/h6-9,13-14H,10-12H2,1-5H3. The first kappa shape index (κ1) is 15.1. The molecule has 2 heteroatoms. The molecule has 2 rings (SSSR count). The highest BCUT2D eigenvalue weighted by atomic mass is 16.5. The molecule has 0 amide bonds. The van der Waals surface area contributed by atoms with Gasteiger partial charge in [-0.1, -0.05) is 45.9 Å². The fourth-order valence-electron chi connectivity index (χ4n) is 3.22. The van der Waals surface area contributed by atoms with Crippen LogP contribution in [0.5, 0.6) is 0 Å². The number of ether oxygens (including phenoxy) is 1. The molecule has 0 bridgehead atoms. The van der Waals surface area contributed by atoms with Gasteiger partial charge in [0.25, 0.3) is 0 Å². The quantitative estimate of drug-likeness (QED) is 0.768. The molecule has 1 aromatic rings. The van der Waals surface area contributed by atoms with E-state index in [1.165, 1.54) is 5.56 Å². The van der Waals surface area contributed by atoms with Crippen LogP contribution in [0.25, 0.3) is 0 Å². The van der Waals surface area contributed by atoms with Gasteiger partial charge in [-0.2, -0.15) is 0 Å². The molecule has 0 N–H and O–H groups in total. The number of hydrogen-bond acceptors (Lipinski definition) is 2. The molecular weight excluding hydrogens is 246 g/mol. The molecule has 1 aliphatic rings. The van der Waals surface area contributed by atoms with Gasteiger partial charge < -0.3 is 4.74 Å². The van der Waals surface area contributed by atoms with Gasteiger partial charge in [-0.05, 0) is 43.2 Å². The highest BCUT2D eigenvalue weighted by Crippen LogP contribution is 2.34. The van der Waals surface area contributed by atoms with Crippen LogP contribution >= 0.6 is 0 Å². The van der Waals surface area contributed by atoms with Crippen LogP contribution in [0.2, 0.25) is 0 Å². The van der Waals surface area contributed by atoms with Crippen LogP contribution in [0, 0.1) is 18.8 Å². The molecule has 0 aromatic heterocycles. The first-order chi connectivity index (χ1) is 9.42. The zero-order valence-electron chi connectivity index (χ0n) is 13.4. The summed E-state index contributed by atoms with van der Waals surface area (Å²) in [5.41, 5.74) is 2.28. The summed E-state index contributed by atoms with van der Waals surface area (Å²) in [6, 6.07) is 8.34. The van der Waals surface area contributed by atoms with Crippen molar-refractivity contribution in [1.82, 2.24) is 0 Å². The van der Waals surface area contributed by atoms with Gasteiger partial charge in [-0.15, -0.1) is 0 Å². The Hall–Kier alpha value is -1.31.